The summed E-state index contributed by atoms with van der Waals surface area (Å²) < 4.78 is 58.5. The minimum atomic E-state index is -0.504. The van der Waals surface area contributed by atoms with E-state index < -0.39 is 16.8 Å². The maximum absolute atomic E-state index is 7.18. The Morgan fingerprint density at radius 3 is 1.12 bits per heavy atom. The van der Waals surface area contributed by atoms with Gasteiger partial charge in [0.2, 0.25) is 0 Å². The molecule has 0 amide bonds. The van der Waals surface area contributed by atoms with E-state index in [1.54, 1.807) is 0 Å². The number of ether oxygens (including phenoxy) is 9. The Bertz CT molecular complexity index is 900. The van der Waals surface area contributed by atoms with E-state index in [1.807, 2.05) is 0 Å². The molecule has 0 radical (unpaired) electrons. The molecule has 9 nitrogen and oxygen atoms in total. The summed E-state index contributed by atoms with van der Waals surface area (Å²) >= 11 is 0. The quantitative estimate of drug-likeness (QED) is 0.341. The van der Waals surface area contributed by atoms with Gasteiger partial charge in [0.25, 0.3) is 0 Å². The topological polar surface area (TPSA) is 83.1 Å². The van der Waals surface area contributed by atoms with Crippen molar-refractivity contribution in [1.29, 1.82) is 0 Å². The highest BCUT2D eigenvalue weighted by atomic mass is 16.6. The van der Waals surface area contributed by atoms with Crippen LogP contribution in [0.5, 0.6) is 0 Å². The highest BCUT2D eigenvalue weighted by Gasteiger charge is 2.65. The lowest BCUT2D eigenvalue weighted by atomic mass is 9.45. The monoisotopic (exact) mass is 674 g/mol. The maximum atomic E-state index is 7.18. The molecule has 6 atom stereocenters. The van der Waals surface area contributed by atoms with Crippen LogP contribution < -0.4 is 0 Å². The molecule has 0 N–H and O–H groups in total. The zero-order valence-corrected chi connectivity index (χ0v) is 29.5. The highest BCUT2D eigenvalue weighted by Crippen LogP contribution is 2.63. The van der Waals surface area contributed by atoms with Crippen LogP contribution in [0.15, 0.2) is 36.5 Å². The summed E-state index contributed by atoms with van der Waals surface area (Å²) in [6, 6.07) is 0. The summed E-state index contributed by atoms with van der Waals surface area (Å²) in [6.07, 6.45) is 23.8. The Balaban J connectivity index is 1.52. The van der Waals surface area contributed by atoms with Crippen molar-refractivity contribution in [2.45, 2.75) is 87.9 Å². The van der Waals surface area contributed by atoms with Crippen LogP contribution in [-0.4, -0.2) is 116 Å². The standard InChI is InChI=1S/C39H62O9/c1-2-39(33-12-3-6-15-36(33)30-43-27-24-40-18-9-21-46-36,34-13-4-7-16-37(34)31-44-28-25-41-19-10-22-47-37)35-14-5-8-17-38(35)32-45-29-26-42-20-11-23-48-38/h3-5,12-14,33-35H,2,6-11,15-32H2,1H3. The fourth-order valence-electron chi connectivity index (χ4n) is 9.72. The molecule has 0 aromatic rings. The summed E-state index contributed by atoms with van der Waals surface area (Å²) in [7, 11) is 0. The van der Waals surface area contributed by atoms with Crippen LogP contribution >= 0.6 is 0 Å². The first-order valence-corrected chi connectivity index (χ1v) is 19.1. The predicted octanol–water partition coefficient (Wildman–Crippen LogP) is 5.86. The van der Waals surface area contributed by atoms with Gasteiger partial charge < -0.3 is 42.6 Å². The molecule has 6 aliphatic rings. The predicted molar refractivity (Wildman–Crippen MR) is 183 cm³/mol. The minimum absolute atomic E-state index is 0.0306. The van der Waals surface area contributed by atoms with E-state index >= 15 is 0 Å². The van der Waals surface area contributed by atoms with Crippen LogP contribution in [0.2, 0.25) is 0 Å². The third-order valence-corrected chi connectivity index (χ3v) is 11.9. The van der Waals surface area contributed by atoms with Gasteiger partial charge in [0.15, 0.2) is 0 Å². The lowest BCUT2D eigenvalue weighted by Crippen LogP contribution is -2.67. The molecule has 0 aromatic carbocycles. The van der Waals surface area contributed by atoms with E-state index in [0.717, 1.165) is 64.2 Å². The van der Waals surface area contributed by atoms with Crippen molar-refractivity contribution < 1.29 is 42.6 Å². The second-order valence-corrected chi connectivity index (χ2v) is 14.6. The van der Waals surface area contributed by atoms with Gasteiger partial charge in [-0.15, -0.1) is 0 Å². The minimum Gasteiger partial charge on any atom is -0.379 e. The molecule has 48 heavy (non-hydrogen) atoms. The van der Waals surface area contributed by atoms with Crippen molar-refractivity contribution in [2.24, 2.45) is 23.2 Å². The molecule has 0 aromatic heterocycles. The van der Waals surface area contributed by atoms with Crippen molar-refractivity contribution in [3.8, 4) is 0 Å². The molecule has 0 saturated carbocycles. The smallest absolute Gasteiger partial charge is 0.0985 e. The normalized spacial score (nSPS) is 39.6. The molecular formula is C39H62O9. The molecule has 3 fully saturated rings. The molecule has 3 saturated heterocycles. The lowest BCUT2D eigenvalue weighted by Gasteiger charge is -2.63. The molecule has 3 aliphatic heterocycles. The summed E-state index contributed by atoms with van der Waals surface area (Å²) in [5, 5.41) is 0. The van der Waals surface area contributed by atoms with E-state index in [-0.39, 0.29) is 23.2 Å². The van der Waals surface area contributed by atoms with E-state index in [9.17, 15) is 0 Å². The fraction of sp³-hybridized carbons (Fsp3) is 0.846. The Hall–Kier alpha value is -1.14. The second-order valence-electron chi connectivity index (χ2n) is 14.6. The van der Waals surface area contributed by atoms with Gasteiger partial charge in [-0.1, -0.05) is 43.4 Å². The summed E-state index contributed by atoms with van der Waals surface area (Å²) in [4.78, 5) is 0. The van der Waals surface area contributed by atoms with Crippen molar-refractivity contribution in [2.75, 3.05) is 99.1 Å². The lowest BCUT2D eigenvalue weighted by molar-refractivity contribution is -0.244. The van der Waals surface area contributed by atoms with Crippen molar-refractivity contribution in [1.82, 2.24) is 0 Å². The number of hydrogen-bond acceptors (Lipinski definition) is 9. The second kappa shape index (κ2) is 17.9. The first-order valence-electron chi connectivity index (χ1n) is 19.1. The molecular weight excluding hydrogens is 612 g/mol. The first-order chi connectivity index (χ1) is 23.7. The SMILES string of the molecule is CCC(C1C=CCCC12COCCOCCCO2)(C1C=CCCC12COCCOCCCO2)C1C=CCCC12COCCOCCCO2. The molecule has 3 aliphatic carbocycles. The van der Waals surface area contributed by atoms with E-state index in [4.69, 9.17) is 42.6 Å². The Kier molecular flexibility index (Phi) is 13.6. The molecule has 6 rings (SSSR count). The zero-order valence-electron chi connectivity index (χ0n) is 29.5. The van der Waals surface area contributed by atoms with Gasteiger partial charge in [-0.05, 0) is 69.6 Å². The largest absolute Gasteiger partial charge is 0.379 e. The van der Waals surface area contributed by atoms with Gasteiger partial charge in [0.05, 0.1) is 76.3 Å². The van der Waals surface area contributed by atoms with E-state index in [0.29, 0.717) is 99.1 Å². The van der Waals surface area contributed by atoms with Crippen LogP contribution in [0.4, 0.5) is 0 Å². The molecule has 9 heteroatoms. The van der Waals surface area contributed by atoms with Crippen molar-refractivity contribution in [3.05, 3.63) is 36.5 Å². The molecule has 0 bridgehead atoms. The molecule has 3 heterocycles. The van der Waals surface area contributed by atoms with Crippen molar-refractivity contribution in [3.63, 3.8) is 0 Å². The third kappa shape index (κ3) is 8.00. The number of rotatable bonds is 4. The summed E-state index contributed by atoms with van der Waals surface area (Å²) in [5.41, 5.74) is -1.88. The van der Waals surface area contributed by atoms with Gasteiger partial charge in [-0.25, -0.2) is 0 Å². The third-order valence-electron chi connectivity index (χ3n) is 11.9. The maximum Gasteiger partial charge on any atom is 0.0985 e. The highest BCUT2D eigenvalue weighted by molar-refractivity contribution is 5.27. The van der Waals surface area contributed by atoms with E-state index in [1.165, 1.54) is 0 Å². The molecule has 272 valence electrons. The summed E-state index contributed by atoms with van der Waals surface area (Å²) in [5.74, 6) is 0.0917. The fourth-order valence-corrected chi connectivity index (χ4v) is 9.72. The van der Waals surface area contributed by atoms with E-state index in [2.05, 4.69) is 43.4 Å². The van der Waals surface area contributed by atoms with Gasteiger partial charge in [-0.3, -0.25) is 0 Å². The molecule has 3 spiro atoms. The number of allylic oxidation sites excluding steroid dienone is 3. The van der Waals surface area contributed by atoms with Crippen LogP contribution in [0.1, 0.15) is 71.1 Å². The van der Waals surface area contributed by atoms with Crippen LogP contribution in [0, 0.1) is 23.2 Å². The average Bonchev–Trinajstić information content (AvgIpc) is 3.12. The number of hydrogen-bond donors (Lipinski definition) is 0. The Labute approximate surface area is 289 Å². The van der Waals surface area contributed by atoms with Gasteiger partial charge >= 0.3 is 0 Å². The van der Waals surface area contributed by atoms with Gasteiger partial charge in [-0.2, -0.15) is 0 Å². The van der Waals surface area contributed by atoms with Gasteiger partial charge in [0, 0.05) is 57.4 Å². The Morgan fingerprint density at radius 1 is 0.458 bits per heavy atom. The Morgan fingerprint density at radius 2 is 0.792 bits per heavy atom. The van der Waals surface area contributed by atoms with Crippen LogP contribution in [-0.2, 0) is 42.6 Å². The summed E-state index contributed by atoms with van der Waals surface area (Å²) in [6.45, 7) is 11.5. The average molecular weight is 675 g/mol. The van der Waals surface area contributed by atoms with Crippen molar-refractivity contribution >= 4 is 0 Å². The molecule has 6 unspecified atom stereocenters. The van der Waals surface area contributed by atoms with Gasteiger partial charge in [0.1, 0.15) is 0 Å². The van der Waals surface area contributed by atoms with Crippen LogP contribution in [0.25, 0.3) is 0 Å². The zero-order chi connectivity index (χ0) is 33.0. The first kappa shape index (κ1) is 36.6. The van der Waals surface area contributed by atoms with Crippen LogP contribution in [0.3, 0.4) is 0 Å².